The zero-order valence-corrected chi connectivity index (χ0v) is 17.2. The van der Waals surface area contributed by atoms with Crippen LogP contribution >= 0.6 is 0 Å². The zero-order valence-electron chi connectivity index (χ0n) is 17.2. The van der Waals surface area contributed by atoms with E-state index in [-0.39, 0.29) is 5.78 Å². The fraction of sp³-hybridized carbons (Fsp3) is 0.652. The molecule has 6 nitrogen and oxygen atoms in total. The summed E-state index contributed by atoms with van der Waals surface area (Å²) in [5.74, 6) is 1.00. The van der Waals surface area contributed by atoms with Gasteiger partial charge in [0.05, 0.1) is 31.1 Å². The first kappa shape index (κ1) is 17.9. The third-order valence-corrected chi connectivity index (χ3v) is 8.89. The molecule has 6 heteroatoms. The van der Waals surface area contributed by atoms with Gasteiger partial charge in [0.15, 0.2) is 11.9 Å². The normalized spacial score (nSPS) is 41.7. The van der Waals surface area contributed by atoms with Crippen molar-refractivity contribution in [3.8, 4) is 5.75 Å². The van der Waals surface area contributed by atoms with Gasteiger partial charge in [-0.25, -0.2) is 0 Å². The fourth-order valence-corrected chi connectivity index (χ4v) is 7.53. The van der Waals surface area contributed by atoms with Crippen molar-refractivity contribution < 1.29 is 23.5 Å². The van der Waals surface area contributed by atoms with Crippen LogP contribution in [0.3, 0.4) is 0 Å². The highest BCUT2D eigenvalue weighted by Crippen LogP contribution is 2.66. The number of ketones is 1. The number of carbonyl (C=O) groups excluding carboxylic acids is 2. The Bertz CT molecular complexity index is 956. The molecule has 0 aromatic heterocycles. The molecule has 1 unspecified atom stereocenters. The molecule has 2 saturated carbocycles. The molecule has 2 aliphatic heterocycles. The summed E-state index contributed by atoms with van der Waals surface area (Å²) in [6.07, 6.45) is 5.03. The van der Waals surface area contributed by atoms with Crippen LogP contribution in [0.4, 0.5) is 0 Å². The highest BCUT2D eigenvalue weighted by Gasteiger charge is 2.77. The maximum absolute atomic E-state index is 13.1. The number of ether oxygens (including phenoxy) is 2. The van der Waals surface area contributed by atoms with E-state index in [0.717, 1.165) is 41.8 Å². The summed E-state index contributed by atoms with van der Waals surface area (Å²) in [5.41, 5.74) is 7.37. The second-order valence-corrected chi connectivity index (χ2v) is 10.2. The van der Waals surface area contributed by atoms with Crippen LogP contribution in [0.15, 0.2) is 12.1 Å². The molecule has 2 N–H and O–H groups in total. The maximum atomic E-state index is 13.1. The minimum atomic E-state index is -0.567. The first-order chi connectivity index (χ1) is 13.9. The summed E-state index contributed by atoms with van der Waals surface area (Å²) in [7, 11) is 4.21. The third kappa shape index (κ3) is 1.95. The van der Waals surface area contributed by atoms with E-state index in [0.29, 0.717) is 23.8 Å². The number of likely N-dealkylation sites (N-methyl/N-ethyl adjacent to an activating group) is 1. The first-order valence-electron chi connectivity index (χ1n) is 10.9. The van der Waals surface area contributed by atoms with Crippen LogP contribution in [0.5, 0.6) is 5.75 Å². The number of nitrogens with two attached hydrogens (primary N) is 1. The number of benzene rings is 1. The molecule has 1 spiro atoms. The van der Waals surface area contributed by atoms with Crippen molar-refractivity contribution in [1.82, 2.24) is 0 Å². The van der Waals surface area contributed by atoms with Gasteiger partial charge in [0.1, 0.15) is 17.4 Å². The summed E-state index contributed by atoms with van der Waals surface area (Å²) in [4.78, 5) is 25.2. The van der Waals surface area contributed by atoms with Gasteiger partial charge in [0.25, 0.3) is 5.91 Å². The van der Waals surface area contributed by atoms with E-state index < -0.39 is 23.0 Å². The number of piperidine rings is 1. The summed E-state index contributed by atoms with van der Waals surface area (Å²) >= 11 is 0. The molecule has 2 bridgehead atoms. The second kappa shape index (κ2) is 5.41. The summed E-state index contributed by atoms with van der Waals surface area (Å²) in [6.45, 7) is 2.20. The minimum Gasteiger partial charge on any atom is -0.480 e. The van der Waals surface area contributed by atoms with E-state index in [1.807, 2.05) is 13.2 Å². The lowest BCUT2D eigenvalue weighted by molar-refractivity contribution is -0.950. The van der Waals surface area contributed by atoms with Gasteiger partial charge >= 0.3 is 0 Å². The lowest BCUT2D eigenvalue weighted by Gasteiger charge is -2.65. The van der Waals surface area contributed by atoms with E-state index in [9.17, 15) is 9.59 Å². The van der Waals surface area contributed by atoms with Gasteiger partial charge in [0, 0.05) is 37.9 Å². The van der Waals surface area contributed by atoms with Crippen LogP contribution in [0.1, 0.15) is 53.6 Å². The van der Waals surface area contributed by atoms with Crippen LogP contribution in [0.2, 0.25) is 0 Å². The summed E-state index contributed by atoms with van der Waals surface area (Å²) in [6, 6.07) is 4.12. The number of rotatable bonds is 4. The number of primary amides is 1. The van der Waals surface area contributed by atoms with Crippen LogP contribution in [-0.2, 0) is 21.4 Å². The van der Waals surface area contributed by atoms with E-state index >= 15 is 0 Å². The number of Topliss-reactive ketones (excluding diaryl/α,β-unsaturated/α-hetero) is 1. The van der Waals surface area contributed by atoms with Crippen LogP contribution in [0.25, 0.3) is 0 Å². The van der Waals surface area contributed by atoms with E-state index in [1.54, 1.807) is 6.07 Å². The monoisotopic (exact) mass is 397 g/mol. The van der Waals surface area contributed by atoms with Crippen LogP contribution < -0.4 is 10.5 Å². The van der Waals surface area contributed by atoms with Crippen LogP contribution in [0, 0.1) is 5.92 Å². The molecule has 5 atom stereocenters. The van der Waals surface area contributed by atoms with Crippen molar-refractivity contribution in [3.63, 3.8) is 0 Å². The summed E-state index contributed by atoms with van der Waals surface area (Å²) in [5, 5.41) is 0. The Morgan fingerprint density at radius 2 is 2.14 bits per heavy atom. The summed E-state index contributed by atoms with van der Waals surface area (Å²) < 4.78 is 13.8. The highest BCUT2D eigenvalue weighted by atomic mass is 16.5. The van der Waals surface area contributed by atoms with Gasteiger partial charge < -0.3 is 19.7 Å². The Kier molecular flexibility index (Phi) is 3.34. The van der Waals surface area contributed by atoms with Gasteiger partial charge in [0.2, 0.25) is 0 Å². The predicted octanol–water partition coefficient (Wildman–Crippen LogP) is 1.72. The number of hydrogen-bond donors (Lipinski definition) is 1. The van der Waals surface area contributed by atoms with Gasteiger partial charge in [-0.15, -0.1) is 0 Å². The van der Waals surface area contributed by atoms with Crippen molar-refractivity contribution in [2.75, 3.05) is 27.2 Å². The zero-order chi connectivity index (χ0) is 20.2. The molecule has 29 heavy (non-hydrogen) atoms. The Morgan fingerprint density at radius 1 is 1.34 bits per heavy atom. The van der Waals surface area contributed by atoms with E-state index in [1.165, 1.54) is 24.9 Å². The molecule has 6 rings (SSSR count). The number of amides is 1. The Labute approximate surface area is 170 Å². The van der Waals surface area contributed by atoms with Gasteiger partial charge in [-0.1, -0.05) is 6.07 Å². The lowest BCUT2D eigenvalue weighted by Crippen LogP contribution is -2.81. The van der Waals surface area contributed by atoms with Gasteiger partial charge in [-0.05, 0) is 30.9 Å². The second-order valence-electron chi connectivity index (χ2n) is 10.2. The predicted molar refractivity (Wildman–Crippen MR) is 106 cm³/mol. The SMILES string of the molecule is CO[C@@]12CCC(=O)[C@@H]3Oc4c(C(N)=O)ccc5c4[C@@]31CC[N+](C)(CC1CC1)[C@@H]2C5. The maximum Gasteiger partial charge on any atom is 0.252 e. The standard InChI is InChI=1S/C23H28N2O4/c1-25(12-13-3-4-13)10-9-22-18-14-5-6-15(21(24)27)19(18)29-20(22)16(26)7-8-23(22,28-2)17(25)11-14/h5-6,13,17,20H,3-4,7-12H2,1-2H3,(H-,24,27)/p+1/t17-,20+,22+,23-,25?/m1/s1. The molecular formula is C23H29N2O4+. The smallest absolute Gasteiger partial charge is 0.252 e. The number of hydrogen-bond acceptors (Lipinski definition) is 4. The van der Waals surface area contributed by atoms with Gasteiger partial charge in [-0.2, -0.15) is 0 Å². The number of likely N-dealkylation sites (tertiary alicyclic amines) is 1. The van der Waals surface area contributed by atoms with Crippen molar-refractivity contribution in [3.05, 3.63) is 28.8 Å². The van der Waals surface area contributed by atoms with Crippen LogP contribution in [-0.4, -0.2) is 61.2 Å². The molecular weight excluding hydrogens is 368 g/mol. The Morgan fingerprint density at radius 3 is 2.83 bits per heavy atom. The number of quaternary nitrogens is 1. The van der Waals surface area contributed by atoms with E-state index in [4.69, 9.17) is 15.2 Å². The largest absolute Gasteiger partial charge is 0.480 e. The number of nitrogens with zero attached hydrogens (tertiary/aromatic N) is 1. The topological polar surface area (TPSA) is 78.6 Å². The Hall–Kier alpha value is -1.92. The van der Waals surface area contributed by atoms with Crippen molar-refractivity contribution >= 4 is 11.7 Å². The molecule has 2 heterocycles. The fourth-order valence-electron chi connectivity index (χ4n) is 7.53. The third-order valence-electron chi connectivity index (χ3n) is 8.89. The molecule has 0 radical (unpaired) electrons. The number of carbonyl (C=O) groups is 2. The number of methoxy groups -OCH3 is 1. The van der Waals surface area contributed by atoms with Crippen molar-refractivity contribution in [2.24, 2.45) is 11.7 Å². The van der Waals surface area contributed by atoms with Crippen molar-refractivity contribution in [1.29, 1.82) is 0 Å². The average molecular weight is 397 g/mol. The molecule has 3 aliphatic carbocycles. The quantitative estimate of drug-likeness (QED) is 0.785. The van der Waals surface area contributed by atoms with E-state index in [2.05, 4.69) is 7.05 Å². The molecule has 1 aromatic carbocycles. The molecule has 3 fully saturated rings. The molecule has 5 aliphatic rings. The molecule has 1 amide bonds. The Balaban J connectivity index is 1.62. The first-order valence-corrected chi connectivity index (χ1v) is 10.9. The highest BCUT2D eigenvalue weighted by molar-refractivity contribution is 5.98. The molecule has 1 aromatic rings. The minimum absolute atomic E-state index is 0.134. The van der Waals surface area contributed by atoms with Gasteiger partial charge in [-0.3, -0.25) is 9.59 Å². The lowest BCUT2D eigenvalue weighted by atomic mass is 9.48. The average Bonchev–Trinajstić information content (AvgIpc) is 3.43. The molecule has 1 saturated heterocycles. The van der Waals surface area contributed by atoms with Crippen molar-refractivity contribution in [2.45, 2.75) is 61.7 Å². The molecule has 154 valence electrons.